The van der Waals surface area contributed by atoms with Gasteiger partial charge in [-0.2, -0.15) is 0 Å². The van der Waals surface area contributed by atoms with E-state index in [1.54, 1.807) is 30.3 Å². The van der Waals surface area contributed by atoms with E-state index in [0.29, 0.717) is 35.7 Å². The van der Waals surface area contributed by atoms with Crippen LogP contribution in [0.25, 0.3) is 0 Å². The molecule has 152 valence electrons. The summed E-state index contributed by atoms with van der Waals surface area (Å²) in [6, 6.07) is 18.0. The molecule has 0 aliphatic heterocycles. The molecule has 0 bridgehead atoms. The summed E-state index contributed by atoms with van der Waals surface area (Å²) in [7, 11) is 3.89. The zero-order valence-corrected chi connectivity index (χ0v) is 16.9. The third-order valence-electron chi connectivity index (χ3n) is 5.05. The van der Waals surface area contributed by atoms with Crippen molar-refractivity contribution in [1.29, 1.82) is 0 Å². The topological polar surface area (TPSA) is 84.7 Å². The number of ether oxygens (including phenoxy) is 1. The smallest absolute Gasteiger partial charge is 0.196 e. The van der Waals surface area contributed by atoms with Crippen molar-refractivity contribution in [3.63, 3.8) is 0 Å². The van der Waals surface area contributed by atoms with Gasteiger partial charge in [-0.1, -0.05) is 42.5 Å². The van der Waals surface area contributed by atoms with Crippen LogP contribution in [0, 0.1) is 0 Å². The number of carbonyl (C=O) groups excluding carboxylic acids is 2. The van der Waals surface area contributed by atoms with Gasteiger partial charge < -0.3 is 20.7 Å². The Hall–Kier alpha value is -3.64. The molecule has 0 radical (unpaired) electrons. The standard InChI is InChI=1S/C24H23N3O3/c1-27(2)12-13-30-19-14-18(26-15-8-4-3-5-9-15)20-21(22(19)25)24(29)17-11-7-6-10-16(17)23(20)28/h3-11,14,26H,12-13,25H2,1-2H3. The summed E-state index contributed by atoms with van der Waals surface area (Å²) >= 11 is 0. The predicted octanol–water partition coefficient (Wildman–Crippen LogP) is 3.73. The third-order valence-corrected chi connectivity index (χ3v) is 5.05. The van der Waals surface area contributed by atoms with Gasteiger partial charge in [0.1, 0.15) is 12.4 Å². The second-order valence-electron chi connectivity index (χ2n) is 7.43. The fourth-order valence-corrected chi connectivity index (χ4v) is 3.53. The highest BCUT2D eigenvalue weighted by Gasteiger charge is 2.35. The summed E-state index contributed by atoms with van der Waals surface area (Å²) in [6.45, 7) is 1.09. The van der Waals surface area contributed by atoms with Crippen molar-refractivity contribution in [1.82, 2.24) is 4.90 Å². The number of likely N-dealkylation sites (N-methyl/N-ethyl adjacent to an activating group) is 1. The molecule has 0 saturated heterocycles. The maximum atomic E-state index is 13.3. The van der Waals surface area contributed by atoms with Crippen molar-refractivity contribution in [2.75, 3.05) is 38.3 Å². The molecular weight excluding hydrogens is 378 g/mol. The Morgan fingerprint density at radius 1 is 0.900 bits per heavy atom. The molecule has 30 heavy (non-hydrogen) atoms. The van der Waals surface area contributed by atoms with Crippen LogP contribution < -0.4 is 15.8 Å². The van der Waals surface area contributed by atoms with Gasteiger partial charge in [0.05, 0.1) is 22.5 Å². The normalized spacial score (nSPS) is 12.5. The Balaban J connectivity index is 1.86. The second-order valence-corrected chi connectivity index (χ2v) is 7.43. The fraction of sp³-hybridized carbons (Fsp3) is 0.167. The number of nitrogens with zero attached hydrogens (tertiary/aromatic N) is 1. The number of ketones is 2. The summed E-state index contributed by atoms with van der Waals surface area (Å²) in [4.78, 5) is 28.6. The lowest BCUT2D eigenvalue weighted by atomic mass is 9.82. The first kappa shape index (κ1) is 19.7. The molecule has 0 spiro atoms. The van der Waals surface area contributed by atoms with Crippen LogP contribution in [0.4, 0.5) is 17.1 Å². The molecule has 3 aromatic rings. The number of carbonyl (C=O) groups is 2. The van der Waals surface area contributed by atoms with Crippen LogP contribution in [0.2, 0.25) is 0 Å². The molecule has 1 aliphatic rings. The average Bonchev–Trinajstić information content (AvgIpc) is 2.74. The fourth-order valence-electron chi connectivity index (χ4n) is 3.53. The van der Waals surface area contributed by atoms with E-state index in [-0.39, 0.29) is 28.4 Å². The monoisotopic (exact) mass is 401 g/mol. The Morgan fingerprint density at radius 2 is 1.50 bits per heavy atom. The number of hydrogen-bond acceptors (Lipinski definition) is 6. The van der Waals surface area contributed by atoms with Crippen molar-refractivity contribution in [3.8, 4) is 5.75 Å². The van der Waals surface area contributed by atoms with Crippen molar-refractivity contribution in [2.24, 2.45) is 0 Å². The summed E-state index contributed by atoms with van der Waals surface area (Å²) in [5, 5.41) is 3.26. The zero-order valence-electron chi connectivity index (χ0n) is 16.9. The summed E-state index contributed by atoms with van der Waals surface area (Å²) in [6.07, 6.45) is 0. The molecule has 0 unspecified atom stereocenters. The van der Waals surface area contributed by atoms with Crippen LogP contribution in [0.3, 0.4) is 0 Å². The average molecular weight is 401 g/mol. The molecule has 3 N–H and O–H groups in total. The van der Waals surface area contributed by atoms with Gasteiger partial charge in [-0.15, -0.1) is 0 Å². The number of hydrogen-bond donors (Lipinski definition) is 2. The molecule has 0 amide bonds. The maximum Gasteiger partial charge on any atom is 0.196 e. The van der Waals surface area contributed by atoms with Gasteiger partial charge in [0, 0.05) is 29.4 Å². The molecule has 0 fully saturated rings. The van der Waals surface area contributed by atoms with Crippen LogP contribution in [0.5, 0.6) is 5.75 Å². The first-order valence-corrected chi connectivity index (χ1v) is 9.72. The molecule has 0 heterocycles. The lowest BCUT2D eigenvalue weighted by Gasteiger charge is -2.24. The first-order valence-electron chi connectivity index (χ1n) is 9.72. The minimum absolute atomic E-state index is 0.190. The van der Waals surface area contributed by atoms with Gasteiger partial charge in [-0.3, -0.25) is 9.59 Å². The Labute approximate surface area is 175 Å². The van der Waals surface area contributed by atoms with E-state index in [4.69, 9.17) is 10.5 Å². The number of nitrogens with one attached hydrogen (secondary N) is 1. The van der Waals surface area contributed by atoms with Gasteiger partial charge in [-0.05, 0) is 26.2 Å². The largest absolute Gasteiger partial charge is 0.490 e. The van der Waals surface area contributed by atoms with Crippen molar-refractivity contribution < 1.29 is 14.3 Å². The number of fused-ring (bicyclic) bond motifs is 2. The SMILES string of the molecule is CN(C)CCOc1cc(Nc2ccccc2)c2c(c1N)C(=O)c1ccccc1C2=O. The number of nitrogens with two attached hydrogens (primary N) is 1. The van der Waals surface area contributed by atoms with Crippen LogP contribution in [0.1, 0.15) is 31.8 Å². The van der Waals surface area contributed by atoms with E-state index in [1.165, 1.54) is 0 Å². The highest BCUT2D eigenvalue weighted by atomic mass is 16.5. The Morgan fingerprint density at radius 3 is 2.13 bits per heavy atom. The highest BCUT2D eigenvalue weighted by molar-refractivity contribution is 6.32. The van der Waals surface area contributed by atoms with E-state index in [0.717, 1.165) is 5.69 Å². The number of para-hydroxylation sites is 1. The summed E-state index contributed by atoms with van der Waals surface area (Å²) in [5.74, 6) is -0.119. The highest BCUT2D eigenvalue weighted by Crippen LogP contribution is 2.41. The molecule has 1 aliphatic carbocycles. The van der Waals surface area contributed by atoms with Crippen molar-refractivity contribution in [2.45, 2.75) is 0 Å². The lowest BCUT2D eigenvalue weighted by molar-refractivity contribution is 0.0980. The molecule has 3 aromatic carbocycles. The van der Waals surface area contributed by atoms with E-state index in [2.05, 4.69) is 5.32 Å². The van der Waals surface area contributed by atoms with Crippen molar-refractivity contribution >= 4 is 28.6 Å². The quantitative estimate of drug-likeness (QED) is 0.479. The zero-order chi connectivity index (χ0) is 21.3. The second kappa shape index (κ2) is 8.00. The lowest BCUT2D eigenvalue weighted by Crippen LogP contribution is -2.25. The number of nitrogen functional groups attached to an aromatic ring is 1. The Bertz CT molecular complexity index is 1120. The molecule has 6 nitrogen and oxygen atoms in total. The van der Waals surface area contributed by atoms with E-state index >= 15 is 0 Å². The minimum Gasteiger partial charge on any atom is -0.490 e. The van der Waals surface area contributed by atoms with Crippen LogP contribution in [-0.2, 0) is 0 Å². The van der Waals surface area contributed by atoms with E-state index in [1.807, 2.05) is 49.3 Å². The molecule has 4 rings (SSSR count). The molecule has 6 heteroatoms. The predicted molar refractivity (Wildman–Crippen MR) is 118 cm³/mol. The van der Waals surface area contributed by atoms with E-state index in [9.17, 15) is 9.59 Å². The summed E-state index contributed by atoms with van der Waals surface area (Å²) < 4.78 is 5.89. The van der Waals surface area contributed by atoms with Crippen LogP contribution >= 0.6 is 0 Å². The van der Waals surface area contributed by atoms with Gasteiger partial charge in [-0.25, -0.2) is 0 Å². The van der Waals surface area contributed by atoms with Crippen LogP contribution in [-0.4, -0.2) is 43.7 Å². The number of benzene rings is 3. The van der Waals surface area contributed by atoms with Gasteiger partial charge >= 0.3 is 0 Å². The number of rotatable bonds is 6. The van der Waals surface area contributed by atoms with Crippen LogP contribution in [0.15, 0.2) is 60.7 Å². The third kappa shape index (κ3) is 3.53. The minimum atomic E-state index is -0.271. The van der Waals surface area contributed by atoms with Crippen molar-refractivity contribution in [3.05, 3.63) is 82.9 Å². The van der Waals surface area contributed by atoms with Gasteiger partial charge in [0.2, 0.25) is 0 Å². The summed E-state index contributed by atoms with van der Waals surface area (Å²) in [5.41, 5.74) is 9.05. The first-order chi connectivity index (χ1) is 14.5. The van der Waals surface area contributed by atoms with E-state index < -0.39 is 0 Å². The number of anilines is 3. The Kier molecular flexibility index (Phi) is 5.25. The molecule has 0 aromatic heterocycles. The molecule has 0 atom stereocenters. The molecular formula is C24H23N3O3. The van der Waals surface area contributed by atoms with Gasteiger partial charge in [0.15, 0.2) is 11.6 Å². The maximum absolute atomic E-state index is 13.3. The molecule has 0 saturated carbocycles. The van der Waals surface area contributed by atoms with Gasteiger partial charge in [0.25, 0.3) is 0 Å².